The zero-order valence-electron chi connectivity index (χ0n) is 10.6. The maximum Gasteiger partial charge on any atom is 0.391 e. The molecule has 2 N–H and O–H groups in total. The molecule has 0 saturated heterocycles. The van der Waals surface area contributed by atoms with Crippen LogP contribution in [0.3, 0.4) is 0 Å². The van der Waals surface area contributed by atoms with Gasteiger partial charge in [0.05, 0.1) is 14.1 Å². The van der Waals surface area contributed by atoms with Crippen LogP contribution in [0, 0.1) is 0 Å². The van der Waals surface area contributed by atoms with E-state index in [1.807, 2.05) is 0 Å². The highest BCUT2D eigenvalue weighted by Gasteiger charge is 2.41. The van der Waals surface area contributed by atoms with Gasteiger partial charge in [-0.2, -0.15) is 8.68 Å². The molecule has 2 heterocycles. The molecular weight excluding hydrogens is 290 g/mol. The zero-order valence-corrected chi connectivity index (χ0v) is 12.4. The predicted octanol–water partition coefficient (Wildman–Crippen LogP) is -0.337. The highest BCUT2D eigenvalue weighted by Crippen LogP contribution is 2.57. The molecule has 10 heteroatoms. The van der Waals surface area contributed by atoms with Gasteiger partial charge in [0, 0.05) is 0 Å². The lowest BCUT2D eigenvalue weighted by Crippen LogP contribution is -2.24. The predicted molar refractivity (Wildman–Crippen MR) is 66.5 cm³/mol. The Balaban J connectivity index is 2.29. The van der Waals surface area contributed by atoms with Crippen LogP contribution in [0.25, 0.3) is 0 Å². The largest absolute Gasteiger partial charge is 0.391 e. The molecule has 0 amide bonds. The molecule has 0 aromatic carbocycles. The Morgan fingerprint density at radius 2 is 1.32 bits per heavy atom. The maximum absolute atomic E-state index is 12.2. The van der Waals surface area contributed by atoms with E-state index >= 15 is 0 Å². The second kappa shape index (κ2) is 4.72. The monoisotopic (exact) mass is 306 g/mol. The summed E-state index contributed by atoms with van der Waals surface area (Å²) in [6.45, 7) is 0. The Labute approximate surface area is 110 Å². The summed E-state index contributed by atoms with van der Waals surface area (Å²) in [6, 6.07) is 0. The van der Waals surface area contributed by atoms with Gasteiger partial charge in [-0.1, -0.05) is 0 Å². The van der Waals surface area contributed by atoms with Gasteiger partial charge in [0.1, 0.15) is 24.8 Å². The molecule has 2 atom stereocenters. The standard InChI is InChI=1S/C9H14N4O4P2/c1-10-3-5-12(7-10)18(14,15)9-19(16,17)13-6-4-11(2)8-13/h3-8H,9H2,1-2H3/p+2. The summed E-state index contributed by atoms with van der Waals surface area (Å²) in [6.07, 6.45) is 8.77. The molecule has 0 aliphatic carbocycles. The van der Waals surface area contributed by atoms with E-state index < -0.39 is 20.9 Å². The Morgan fingerprint density at radius 3 is 1.58 bits per heavy atom. The molecule has 104 valence electrons. The minimum absolute atomic E-state index is 0.719. The van der Waals surface area contributed by atoms with E-state index in [1.54, 1.807) is 35.6 Å². The third-order valence-electron chi connectivity index (χ3n) is 2.60. The van der Waals surface area contributed by atoms with Gasteiger partial charge in [-0.15, -0.1) is 0 Å². The lowest BCUT2D eigenvalue weighted by Gasteiger charge is -2.10. The quantitative estimate of drug-likeness (QED) is 0.597. The smallest absolute Gasteiger partial charge is 0.312 e. The van der Waals surface area contributed by atoms with E-state index in [0.29, 0.717) is 0 Å². The summed E-state index contributed by atoms with van der Waals surface area (Å²) < 4.78 is 29.7. The number of aryl methyl sites for hydroxylation is 2. The summed E-state index contributed by atoms with van der Waals surface area (Å²) in [5, 5.41) is 0. The minimum atomic E-state index is -3.95. The van der Waals surface area contributed by atoms with Crippen molar-refractivity contribution in [3.05, 3.63) is 37.4 Å². The molecule has 0 aliphatic rings. The normalized spacial score (nSPS) is 17.9. The first-order valence-electron chi connectivity index (χ1n) is 5.42. The van der Waals surface area contributed by atoms with Crippen LogP contribution in [-0.2, 0) is 23.2 Å². The van der Waals surface area contributed by atoms with Crippen LogP contribution in [0.15, 0.2) is 37.4 Å². The van der Waals surface area contributed by atoms with E-state index in [2.05, 4.69) is 0 Å². The average Bonchev–Trinajstić information content (AvgIpc) is 2.86. The Hall–Kier alpha value is -1.20. The average molecular weight is 306 g/mol. The summed E-state index contributed by atoms with van der Waals surface area (Å²) >= 11 is 0. The van der Waals surface area contributed by atoms with Gasteiger partial charge in [0.15, 0.2) is 5.90 Å². The molecular formula is C9H16N4O4P2+2. The Morgan fingerprint density at radius 1 is 0.947 bits per heavy atom. The molecule has 0 spiro atoms. The first kappa shape index (κ1) is 14.2. The van der Waals surface area contributed by atoms with Crippen molar-refractivity contribution >= 4 is 15.0 Å². The topological polar surface area (TPSA) is 92.2 Å². The number of imidazole rings is 2. The lowest BCUT2D eigenvalue weighted by molar-refractivity contribution is -0.670. The van der Waals surface area contributed by atoms with Crippen molar-refractivity contribution in [3.63, 3.8) is 0 Å². The van der Waals surface area contributed by atoms with Gasteiger partial charge in [-0.3, -0.25) is 0 Å². The van der Waals surface area contributed by atoms with E-state index in [0.717, 1.165) is 8.68 Å². The van der Waals surface area contributed by atoms with Crippen molar-refractivity contribution in [3.8, 4) is 0 Å². The van der Waals surface area contributed by atoms with Crippen LogP contribution >= 0.6 is 15.0 Å². The summed E-state index contributed by atoms with van der Waals surface area (Å²) in [5.41, 5.74) is 0. The van der Waals surface area contributed by atoms with Gasteiger partial charge in [0.25, 0.3) is 0 Å². The van der Waals surface area contributed by atoms with Crippen molar-refractivity contribution in [2.75, 3.05) is 5.90 Å². The molecule has 2 unspecified atom stereocenters. The van der Waals surface area contributed by atoms with Crippen molar-refractivity contribution in [2.45, 2.75) is 0 Å². The molecule has 0 bridgehead atoms. The Kier molecular flexibility index (Phi) is 3.53. The number of aromatic nitrogens is 4. The van der Waals surface area contributed by atoms with Crippen molar-refractivity contribution in [2.24, 2.45) is 14.1 Å². The molecule has 0 fully saturated rings. The van der Waals surface area contributed by atoms with Crippen molar-refractivity contribution in [1.82, 2.24) is 8.68 Å². The van der Waals surface area contributed by atoms with E-state index in [4.69, 9.17) is 0 Å². The minimum Gasteiger partial charge on any atom is -0.312 e. The van der Waals surface area contributed by atoms with Crippen LogP contribution in [-0.4, -0.2) is 24.4 Å². The van der Waals surface area contributed by atoms with Crippen LogP contribution in [0.2, 0.25) is 0 Å². The molecule has 19 heavy (non-hydrogen) atoms. The van der Waals surface area contributed by atoms with Crippen LogP contribution < -0.4 is 9.13 Å². The first-order chi connectivity index (χ1) is 8.71. The first-order valence-corrected chi connectivity index (χ1v) is 9.02. The van der Waals surface area contributed by atoms with Gasteiger partial charge in [0.2, 0.25) is 12.7 Å². The third-order valence-corrected chi connectivity index (χ3v) is 7.46. The van der Waals surface area contributed by atoms with Gasteiger partial charge < -0.3 is 9.79 Å². The molecule has 2 rings (SSSR count). The number of hydrogen-bond donors (Lipinski definition) is 2. The molecule has 0 saturated carbocycles. The van der Waals surface area contributed by atoms with Crippen molar-refractivity contribution in [1.29, 1.82) is 0 Å². The third kappa shape index (κ3) is 3.04. The number of rotatable bonds is 4. The zero-order chi connectivity index (χ0) is 14.3. The maximum atomic E-state index is 12.2. The van der Waals surface area contributed by atoms with Gasteiger partial charge in [-0.25, -0.2) is 18.3 Å². The van der Waals surface area contributed by atoms with Crippen LogP contribution in [0.1, 0.15) is 0 Å². The van der Waals surface area contributed by atoms with E-state index in [-0.39, 0.29) is 0 Å². The lowest BCUT2D eigenvalue weighted by atomic mass is 10.9. The van der Waals surface area contributed by atoms with Gasteiger partial charge >= 0.3 is 15.0 Å². The van der Waals surface area contributed by atoms with E-state index in [1.165, 1.54) is 25.0 Å². The highest BCUT2D eigenvalue weighted by atomic mass is 31.2. The van der Waals surface area contributed by atoms with E-state index in [9.17, 15) is 18.9 Å². The fourth-order valence-corrected chi connectivity index (χ4v) is 5.90. The summed E-state index contributed by atoms with van der Waals surface area (Å²) in [4.78, 5) is 19.9. The highest BCUT2D eigenvalue weighted by molar-refractivity contribution is 7.73. The summed E-state index contributed by atoms with van der Waals surface area (Å²) in [5.74, 6) is -0.719. The van der Waals surface area contributed by atoms with Crippen LogP contribution in [0.4, 0.5) is 0 Å². The molecule has 8 nitrogen and oxygen atoms in total. The second-order valence-corrected chi connectivity index (χ2v) is 9.10. The molecule has 2 aromatic rings. The number of nitrogens with zero attached hydrogens (tertiary/aromatic N) is 4. The fourth-order valence-electron chi connectivity index (χ4n) is 1.63. The van der Waals surface area contributed by atoms with Crippen LogP contribution in [0.5, 0.6) is 0 Å². The molecule has 0 radical (unpaired) electrons. The molecule has 2 aromatic heterocycles. The van der Waals surface area contributed by atoms with Crippen molar-refractivity contribution < 1.29 is 28.1 Å². The molecule has 0 aliphatic heterocycles. The fraction of sp³-hybridized carbons (Fsp3) is 0.333. The Bertz CT molecular complexity index is 634. The summed E-state index contributed by atoms with van der Waals surface area (Å²) in [7, 11) is -4.51. The number of hydrogen-bond acceptors (Lipinski definition) is 2. The van der Waals surface area contributed by atoms with Gasteiger partial charge in [-0.05, 0) is 0 Å². The second-order valence-electron chi connectivity index (χ2n) is 4.39. The SMILES string of the molecule is C[n+]1ccn(P(=O)(O)CP(=O)(O)n2cc[n+](C)c2)c1.